The largest absolute Gasteiger partial charge is 0.455 e. The van der Waals surface area contributed by atoms with Gasteiger partial charge in [-0.3, -0.25) is 0 Å². The van der Waals surface area contributed by atoms with Gasteiger partial charge in [0.05, 0.1) is 9.80 Å². The second-order valence-corrected chi connectivity index (χ2v) is 5.28. The van der Waals surface area contributed by atoms with Gasteiger partial charge in [0.25, 0.3) is 0 Å². The van der Waals surface area contributed by atoms with Crippen molar-refractivity contribution < 1.29 is 9.84 Å². The first-order valence-electron chi connectivity index (χ1n) is 5.25. The summed E-state index contributed by atoms with van der Waals surface area (Å²) in [6, 6.07) is 7.89. The summed E-state index contributed by atoms with van der Waals surface area (Å²) in [4.78, 5) is 1.98. The average Bonchev–Trinajstić information content (AvgIpc) is 2.27. The molecule has 0 saturated carbocycles. The second-order valence-electron chi connectivity index (χ2n) is 4.22. The normalized spacial score (nSPS) is 27.1. The van der Waals surface area contributed by atoms with Gasteiger partial charge in [0.1, 0.15) is 17.1 Å². The van der Waals surface area contributed by atoms with Crippen molar-refractivity contribution in [1.82, 2.24) is 0 Å². The third-order valence-electron chi connectivity index (χ3n) is 2.78. The fourth-order valence-electron chi connectivity index (χ4n) is 1.92. The van der Waals surface area contributed by atoms with Crippen LogP contribution in [0.3, 0.4) is 0 Å². The van der Waals surface area contributed by atoms with E-state index in [1.54, 1.807) is 11.8 Å². The molecule has 1 aliphatic heterocycles. The Kier molecular flexibility index (Phi) is 2.13. The smallest absolute Gasteiger partial charge is 0.141 e. The highest BCUT2D eigenvalue weighted by molar-refractivity contribution is 8.03. The molecule has 0 fully saturated rings. The zero-order valence-corrected chi connectivity index (χ0v) is 9.75. The van der Waals surface area contributed by atoms with Gasteiger partial charge in [-0.15, -0.1) is 0 Å². The molecular weight excluding hydrogens is 220 g/mol. The number of hydrogen-bond donors (Lipinski definition) is 1. The van der Waals surface area contributed by atoms with Gasteiger partial charge in [-0.2, -0.15) is 0 Å². The van der Waals surface area contributed by atoms with E-state index in [-0.39, 0.29) is 0 Å². The number of benzene rings is 1. The molecule has 1 aromatic rings. The number of fused-ring (bicyclic) bond motifs is 1. The quantitative estimate of drug-likeness (QED) is 0.745. The molecule has 1 atom stereocenters. The maximum atomic E-state index is 10.3. The Labute approximate surface area is 98.6 Å². The van der Waals surface area contributed by atoms with Gasteiger partial charge < -0.3 is 9.84 Å². The second kappa shape index (κ2) is 3.40. The summed E-state index contributed by atoms with van der Waals surface area (Å²) in [5.41, 5.74) is -0.803. The van der Waals surface area contributed by atoms with Gasteiger partial charge in [0, 0.05) is 0 Å². The number of para-hydroxylation sites is 1. The summed E-state index contributed by atoms with van der Waals surface area (Å²) >= 11 is 1.60. The van der Waals surface area contributed by atoms with E-state index in [0.29, 0.717) is 6.42 Å². The monoisotopic (exact) mass is 232 g/mol. The molecule has 0 radical (unpaired) electrons. The lowest BCUT2D eigenvalue weighted by Gasteiger charge is -2.32. The van der Waals surface area contributed by atoms with Crippen LogP contribution in [0.2, 0.25) is 0 Å². The third-order valence-corrected chi connectivity index (χ3v) is 4.18. The Balaban J connectivity index is 2.08. The lowest BCUT2D eigenvalue weighted by molar-refractivity contribution is 0.105. The van der Waals surface area contributed by atoms with Crippen molar-refractivity contribution in [2.24, 2.45) is 0 Å². The van der Waals surface area contributed by atoms with Gasteiger partial charge in [-0.05, 0) is 31.6 Å². The molecule has 2 nitrogen and oxygen atoms in total. The number of thioether (sulfide) groups is 1. The van der Waals surface area contributed by atoms with Gasteiger partial charge in [0.2, 0.25) is 0 Å². The lowest BCUT2D eigenvalue weighted by Crippen LogP contribution is -2.29. The number of ether oxygens (including phenoxy) is 1. The van der Waals surface area contributed by atoms with Crippen molar-refractivity contribution in [1.29, 1.82) is 0 Å². The van der Waals surface area contributed by atoms with E-state index in [1.807, 2.05) is 43.3 Å². The van der Waals surface area contributed by atoms with E-state index in [4.69, 9.17) is 4.74 Å². The Morgan fingerprint density at radius 3 is 3.06 bits per heavy atom. The van der Waals surface area contributed by atoms with E-state index in [0.717, 1.165) is 21.3 Å². The van der Waals surface area contributed by atoms with Crippen LogP contribution in [0.15, 0.2) is 52.0 Å². The van der Waals surface area contributed by atoms with Crippen LogP contribution in [0.4, 0.5) is 0 Å². The van der Waals surface area contributed by atoms with Crippen LogP contribution in [0.25, 0.3) is 0 Å². The average molecular weight is 232 g/mol. The Morgan fingerprint density at radius 2 is 2.19 bits per heavy atom. The van der Waals surface area contributed by atoms with E-state index in [9.17, 15) is 5.11 Å². The molecule has 1 N–H and O–H groups in total. The first-order chi connectivity index (χ1) is 7.67. The summed E-state index contributed by atoms with van der Waals surface area (Å²) in [5, 5.41) is 10.3. The van der Waals surface area contributed by atoms with Crippen LogP contribution in [0.5, 0.6) is 5.75 Å². The molecule has 0 aromatic heterocycles. The van der Waals surface area contributed by atoms with E-state index < -0.39 is 5.60 Å². The first kappa shape index (κ1) is 10.00. The van der Waals surface area contributed by atoms with Gasteiger partial charge in [0.15, 0.2) is 0 Å². The van der Waals surface area contributed by atoms with E-state index in [1.165, 1.54) is 0 Å². The first-order valence-corrected chi connectivity index (χ1v) is 6.07. The molecule has 0 spiro atoms. The minimum Gasteiger partial charge on any atom is -0.455 e. The van der Waals surface area contributed by atoms with Crippen LogP contribution in [0, 0.1) is 0 Å². The van der Waals surface area contributed by atoms with Crippen molar-refractivity contribution in [3.63, 3.8) is 0 Å². The minimum absolute atomic E-state index is 0.643. The van der Waals surface area contributed by atoms with Gasteiger partial charge in [-0.25, -0.2) is 0 Å². The van der Waals surface area contributed by atoms with E-state index in [2.05, 4.69) is 0 Å². The molecule has 16 heavy (non-hydrogen) atoms. The summed E-state index contributed by atoms with van der Waals surface area (Å²) in [6.45, 7) is 1.83. The van der Waals surface area contributed by atoms with Crippen LogP contribution >= 0.6 is 11.8 Å². The number of allylic oxidation sites excluding steroid dienone is 1. The van der Waals surface area contributed by atoms with Gasteiger partial charge in [-0.1, -0.05) is 30.0 Å². The van der Waals surface area contributed by atoms with Crippen LogP contribution < -0.4 is 4.74 Å². The van der Waals surface area contributed by atoms with Crippen molar-refractivity contribution >= 4 is 11.8 Å². The van der Waals surface area contributed by atoms with Gasteiger partial charge >= 0.3 is 0 Å². The Bertz CT molecular complexity index is 500. The van der Waals surface area contributed by atoms with Crippen molar-refractivity contribution in [2.45, 2.75) is 23.8 Å². The highest BCUT2D eigenvalue weighted by Gasteiger charge is 2.34. The molecule has 0 saturated heterocycles. The van der Waals surface area contributed by atoms with Crippen LogP contribution in [-0.4, -0.2) is 10.7 Å². The SMILES string of the molecule is CC1(O)CC=CC2=C1Sc1ccccc1O2. The standard InChI is InChI=1S/C13H12O2S/c1-13(14)8-4-6-10-12(13)16-11-7-3-2-5-9(11)15-10/h2-7,14H,8H2,1H3. The number of aliphatic hydroxyl groups is 1. The molecular formula is C13H12O2S. The molecule has 1 aromatic carbocycles. The number of hydrogen-bond acceptors (Lipinski definition) is 3. The molecule has 0 bridgehead atoms. The summed E-state index contributed by atoms with van der Waals surface area (Å²) in [7, 11) is 0. The van der Waals surface area contributed by atoms with Crippen molar-refractivity contribution in [3.8, 4) is 5.75 Å². The highest BCUT2D eigenvalue weighted by Crippen LogP contribution is 2.48. The van der Waals surface area contributed by atoms with E-state index >= 15 is 0 Å². The number of rotatable bonds is 0. The molecule has 3 heteroatoms. The summed E-state index contributed by atoms with van der Waals surface area (Å²) in [5.74, 6) is 1.65. The zero-order chi connectivity index (χ0) is 11.2. The predicted octanol–water partition coefficient (Wildman–Crippen LogP) is 3.09. The van der Waals surface area contributed by atoms with Crippen molar-refractivity contribution in [2.75, 3.05) is 0 Å². The third kappa shape index (κ3) is 1.47. The lowest BCUT2D eigenvalue weighted by atomic mass is 9.96. The van der Waals surface area contributed by atoms with Crippen LogP contribution in [0.1, 0.15) is 13.3 Å². The molecule has 0 amide bonds. The Hall–Kier alpha value is -1.19. The topological polar surface area (TPSA) is 29.5 Å². The maximum absolute atomic E-state index is 10.3. The van der Waals surface area contributed by atoms with Crippen molar-refractivity contribution in [3.05, 3.63) is 47.1 Å². The molecule has 3 rings (SSSR count). The minimum atomic E-state index is -0.803. The fraction of sp³-hybridized carbons (Fsp3) is 0.231. The fourth-order valence-corrected chi connectivity index (χ4v) is 3.01. The Morgan fingerprint density at radius 1 is 1.38 bits per heavy atom. The molecule has 1 heterocycles. The zero-order valence-electron chi connectivity index (χ0n) is 8.93. The molecule has 1 unspecified atom stereocenters. The summed E-state index contributed by atoms with van der Waals surface area (Å²) in [6.07, 6.45) is 4.54. The molecule has 2 aliphatic rings. The highest BCUT2D eigenvalue weighted by atomic mass is 32.2. The van der Waals surface area contributed by atoms with Crippen LogP contribution in [-0.2, 0) is 0 Å². The molecule has 82 valence electrons. The summed E-state index contributed by atoms with van der Waals surface area (Å²) < 4.78 is 5.78. The predicted molar refractivity (Wildman–Crippen MR) is 64.3 cm³/mol. The maximum Gasteiger partial charge on any atom is 0.141 e. The molecule has 1 aliphatic carbocycles.